The molecule has 0 N–H and O–H groups in total. The largest absolute Gasteiger partial charge is 0.331 e. The molecule has 0 fully saturated rings. The summed E-state index contributed by atoms with van der Waals surface area (Å²) in [6.07, 6.45) is 2.86. The van der Waals surface area contributed by atoms with Crippen molar-refractivity contribution >= 4 is 11.0 Å². The lowest BCUT2D eigenvalue weighted by molar-refractivity contribution is 0.715. The van der Waals surface area contributed by atoms with Gasteiger partial charge in [0.15, 0.2) is 0 Å². The van der Waals surface area contributed by atoms with Gasteiger partial charge in [0.1, 0.15) is 11.7 Å². The highest BCUT2D eigenvalue weighted by Crippen LogP contribution is 2.24. The first kappa shape index (κ1) is 13.4. The third kappa shape index (κ3) is 2.53. The molecule has 3 heteroatoms. The molecule has 3 nitrogen and oxygen atoms in total. The van der Waals surface area contributed by atoms with Gasteiger partial charge in [0, 0.05) is 23.8 Å². The summed E-state index contributed by atoms with van der Waals surface area (Å²) in [6, 6.07) is 14.7. The molecule has 2 aromatic heterocycles. The minimum Gasteiger partial charge on any atom is -0.331 e. The van der Waals surface area contributed by atoms with Crippen molar-refractivity contribution in [2.75, 3.05) is 0 Å². The van der Waals surface area contributed by atoms with Gasteiger partial charge in [-0.2, -0.15) is 5.26 Å². The topological polar surface area (TPSA) is 41.6 Å². The van der Waals surface area contributed by atoms with Gasteiger partial charge in [0.05, 0.1) is 5.56 Å². The van der Waals surface area contributed by atoms with Crippen molar-refractivity contribution in [3.8, 4) is 6.07 Å². The van der Waals surface area contributed by atoms with E-state index in [2.05, 4.69) is 39.9 Å². The molecule has 0 amide bonds. The Morgan fingerprint density at radius 3 is 2.67 bits per heavy atom. The highest BCUT2D eigenvalue weighted by Gasteiger charge is 2.12. The van der Waals surface area contributed by atoms with Crippen LogP contribution in [0.3, 0.4) is 0 Å². The molecule has 1 aromatic carbocycles. The van der Waals surface area contributed by atoms with Crippen LogP contribution in [0.1, 0.15) is 22.4 Å². The molecule has 3 rings (SSSR count). The van der Waals surface area contributed by atoms with Crippen LogP contribution in [0, 0.1) is 25.2 Å². The molecule has 0 bridgehead atoms. The standard InChI is InChI=1S/C18H17N3/c1-13-10-14(2)20-18-17(13)16(11-19)12-21(18)9-8-15-6-4-3-5-7-15/h3-7,10,12H,8-9H2,1-2H3. The zero-order valence-corrected chi connectivity index (χ0v) is 12.3. The van der Waals surface area contributed by atoms with Crippen molar-refractivity contribution in [2.24, 2.45) is 0 Å². The molecule has 3 aromatic rings. The van der Waals surface area contributed by atoms with Crippen LogP contribution in [0.4, 0.5) is 0 Å². The highest BCUT2D eigenvalue weighted by molar-refractivity contribution is 5.86. The first-order valence-corrected chi connectivity index (χ1v) is 7.10. The second-order valence-corrected chi connectivity index (χ2v) is 5.36. The minimum absolute atomic E-state index is 0.711. The first-order chi connectivity index (χ1) is 10.2. The average Bonchev–Trinajstić information content (AvgIpc) is 2.84. The number of rotatable bonds is 3. The van der Waals surface area contributed by atoms with Crippen LogP contribution in [-0.4, -0.2) is 9.55 Å². The molecule has 21 heavy (non-hydrogen) atoms. The molecule has 104 valence electrons. The third-order valence-electron chi connectivity index (χ3n) is 3.76. The fraction of sp³-hybridized carbons (Fsp3) is 0.222. The van der Waals surface area contributed by atoms with Crippen molar-refractivity contribution in [1.82, 2.24) is 9.55 Å². The summed E-state index contributed by atoms with van der Waals surface area (Å²) in [6.45, 7) is 4.87. The summed E-state index contributed by atoms with van der Waals surface area (Å²) in [5, 5.41) is 10.3. The normalized spacial score (nSPS) is 10.7. The van der Waals surface area contributed by atoms with Gasteiger partial charge in [0.25, 0.3) is 0 Å². The number of aromatic nitrogens is 2. The summed E-state index contributed by atoms with van der Waals surface area (Å²) in [5.74, 6) is 0. The van der Waals surface area contributed by atoms with Gasteiger partial charge < -0.3 is 4.57 Å². The zero-order valence-electron chi connectivity index (χ0n) is 12.3. The number of aryl methyl sites for hydroxylation is 4. The van der Waals surface area contributed by atoms with E-state index in [4.69, 9.17) is 0 Å². The summed E-state index contributed by atoms with van der Waals surface area (Å²) < 4.78 is 2.10. The summed E-state index contributed by atoms with van der Waals surface area (Å²) in [7, 11) is 0. The molecular weight excluding hydrogens is 258 g/mol. The minimum atomic E-state index is 0.711. The monoisotopic (exact) mass is 275 g/mol. The Hall–Kier alpha value is -2.60. The highest BCUT2D eigenvalue weighted by atomic mass is 15.0. The van der Waals surface area contributed by atoms with Gasteiger partial charge in [-0.3, -0.25) is 0 Å². The maximum Gasteiger partial charge on any atom is 0.141 e. The Bertz CT molecular complexity index is 823. The summed E-state index contributed by atoms with van der Waals surface area (Å²) >= 11 is 0. The molecule has 0 atom stereocenters. The van der Waals surface area contributed by atoms with E-state index in [-0.39, 0.29) is 0 Å². The van der Waals surface area contributed by atoms with Crippen LogP contribution in [0.2, 0.25) is 0 Å². The average molecular weight is 275 g/mol. The number of benzene rings is 1. The predicted molar refractivity (Wildman–Crippen MR) is 84.1 cm³/mol. The van der Waals surface area contributed by atoms with Crippen LogP contribution in [-0.2, 0) is 13.0 Å². The second-order valence-electron chi connectivity index (χ2n) is 5.36. The van der Waals surface area contributed by atoms with Crippen LogP contribution >= 0.6 is 0 Å². The maximum atomic E-state index is 9.34. The lowest BCUT2D eigenvalue weighted by Crippen LogP contribution is -2.01. The first-order valence-electron chi connectivity index (χ1n) is 7.10. The van der Waals surface area contributed by atoms with E-state index in [1.807, 2.05) is 32.2 Å². The molecule has 0 unspecified atom stereocenters. The van der Waals surface area contributed by atoms with Gasteiger partial charge in [0.2, 0.25) is 0 Å². The molecule has 0 saturated heterocycles. The van der Waals surface area contributed by atoms with E-state index in [9.17, 15) is 5.26 Å². The quantitative estimate of drug-likeness (QED) is 0.730. The van der Waals surface area contributed by atoms with E-state index in [1.165, 1.54) is 5.56 Å². The Morgan fingerprint density at radius 1 is 1.19 bits per heavy atom. The molecule has 0 aliphatic heterocycles. The zero-order chi connectivity index (χ0) is 14.8. The number of fused-ring (bicyclic) bond motifs is 1. The van der Waals surface area contributed by atoms with E-state index in [1.54, 1.807) is 0 Å². The van der Waals surface area contributed by atoms with Crippen LogP contribution in [0.5, 0.6) is 0 Å². The molecule has 0 aliphatic carbocycles. The van der Waals surface area contributed by atoms with Crippen molar-refractivity contribution in [3.63, 3.8) is 0 Å². The van der Waals surface area contributed by atoms with Gasteiger partial charge in [-0.1, -0.05) is 30.3 Å². The molecule has 0 radical (unpaired) electrons. The van der Waals surface area contributed by atoms with Crippen LogP contribution < -0.4 is 0 Å². The smallest absolute Gasteiger partial charge is 0.141 e. The fourth-order valence-corrected chi connectivity index (χ4v) is 2.79. The van der Waals surface area contributed by atoms with Crippen molar-refractivity contribution in [2.45, 2.75) is 26.8 Å². The fourth-order valence-electron chi connectivity index (χ4n) is 2.79. The number of pyridine rings is 1. The number of nitrogens with zero attached hydrogens (tertiary/aromatic N) is 3. The van der Waals surface area contributed by atoms with E-state index in [0.717, 1.165) is 35.3 Å². The maximum absolute atomic E-state index is 9.34. The summed E-state index contributed by atoms with van der Waals surface area (Å²) in [4.78, 5) is 4.63. The lowest BCUT2D eigenvalue weighted by atomic mass is 10.1. The number of hydrogen-bond donors (Lipinski definition) is 0. The molecule has 2 heterocycles. The molecular formula is C18H17N3. The van der Waals surface area contributed by atoms with Gasteiger partial charge in [-0.25, -0.2) is 4.98 Å². The Balaban J connectivity index is 2.01. The van der Waals surface area contributed by atoms with Gasteiger partial charge in [-0.05, 0) is 37.5 Å². The van der Waals surface area contributed by atoms with Crippen LogP contribution in [0.15, 0.2) is 42.6 Å². The second kappa shape index (κ2) is 5.41. The van der Waals surface area contributed by atoms with Gasteiger partial charge in [-0.15, -0.1) is 0 Å². The Kier molecular flexibility index (Phi) is 3.45. The van der Waals surface area contributed by atoms with Crippen molar-refractivity contribution in [1.29, 1.82) is 5.26 Å². The van der Waals surface area contributed by atoms with Crippen molar-refractivity contribution < 1.29 is 0 Å². The van der Waals surface area contributed by atoms with E-state index < -0.39 is 0 Å². The molecule has 0 aliphatic rings. The Labute approximate surface area is 124 Å². The lowest BCUT2D eigenvalue weighted by Gasteiger charge is -2.06. The SMILES string of the molecule is Cc1cc(C)c2c(C#N)cn(CCc3ccccc3)c2n1. The predicted octanol–water partition coefficient (Wildman–Crippen LogP) is 3.77. The number of hydrogen-bond acceptors (Lipinski definition) is 2. The Morgan fingerprint density at radius 2 is 1.95 bits per heavy atom. The van der Waals surface area contributed by atoms with E-state index in [0.29, 0.717) is 5.56 Å². The van der Waals surface area contributed by atoms with E-state index >= 15 is 0 Å². The summed E-state index contributed by atoms with van der Waals surface area (Å²) in [5.41, 5.74) is 5.03. The molecule has 0 saturated carbocycles. The van der Waals surface area contributed by atoms with Crippen LogP contribution in [0.25, 0.3) is 11.0 Å². The van der Waals surface area contributed by atoms with Gasteiger partial charge >= 0.3 is 0 Å². The third-order valence-corrected chi connectivity index (χ3v) is 3.76. The van der Waals surface area contributed by atoms with Crippen molar-refractivity contribution in [3.05, 3.63) is 65.0 Å². The molecule has 0 spiro atoms. The number of nitriles is 1.